The Bertz CT molecular complexity index is 181. The molecule has 17 heavy (non-hydrogen) atoms. The highest BCUT2D eigenvalue weighted by molar-refractivity contribution is 6.18. The summed E-state index contributed by atoms with van der Waals surface area (Å²) < 4.78 is 5.68. The van der Waals surface area contributed by atoms with E-state index in [9.17, 15) is 0 Å². The molecule has 0 atom stereocenters. The summed E-state index contributed by atoms with van der Waals surface area (Å²) in [6.07, 6.45) is 6.88. The monoisotopic (exact) mass is 261 g/mol. The minimum atomic E-state index is 0.631. The lowest BCUT2D eigenvalue weighted by Gasteiger charge is -2.33. The number of hydrogen-bond donors (Lipinski definition) is 0. The van der Waals surface area contributed by atoms with Gasteiger partial charge in [0.15, 0.2) is 0 Å². The van der Waals surface area contributed by atoms with Crippen molar-refractivity contribution in [1.29, 1.82) is 0 Å². The molecule has 102 valence electrons. The van der Waals surface area contributed by atoms with Gasteiger partial charge in [0.25, 0.3) is 0 Å². The van der Waals surface area contributed by atoms with Gasteiger partial charge in [-0.3, -0.25) is 4.90 Å². The van der Waals surface area contributed by atoms with Crippen LogP contribution >= 0.6 is 11.6 Å². The van der Waals surface area contributed by atoms with E-state index >= 15 is 0 Å². The standard InChI is InChI=1S/C14H28ClNO/c1-13(2)12-17-11-10-16(9-8-15)14-6-4-3-5-7-14/h13-14H,3-12H2,1-2H3. The van der Waals surface area contributed by atoms with E-state index in [1.807, 2.05) is 0 Å². The highest BCUT2D eigenvalue weighted by Crippen LogP contribution is 2.22. The first-order valence-electron chi connectivity index (χ1n) is 7.11. The van der Waals surface area contributed by atoms with Gasteiger partial charge in [0.05, 0.1) is 6.61 Å². The Kier molecular flexibility index (Phi) is 8.25. The molecule has 0 amide bonds. The first kappa shape index (κ1) is 15.3. The van der Waals surface area contributed by atoms with Crippen LogP contribution in [0.1, 0.15) is 46.0 Å². The van der Waals surface area contributed by atoms with Gasteiger partial charge in [0.1, 0.15) is 0 Å². The van der Waals surface area contributed by atoms with E-state index in [-0.39, 0.29) is 0 Å². The summed E-state index contributed by atoms with van der Waals surface area (Å²) in [5.41, 5.74) is 0. The van der Waals surface area contributed by atoms with Gasteiger partial charge in [0, 0.05) is 31.6 Å². The number of rotatable bonds is 8. The number of hydrogen-bond acceptors (Lipinski definition) is 2. The molecule has 1 aliphatic rings. The molecule has 1 rings (SSSR count). The molecule has 0 aromatic heterocycles. The molecule has 0 radical (unpaired) electrons. The number of alkyl halides is 1. The van der Waals surface area contributed by atoms with Crippen LogP contribution in [-0.4, -0.2) is 43.1 Å². The van der Waals surface area contributed by atoms with Gasteiger partial charge < -0.3 is 4.74 Å². The van der Waals surface area contributed by atoms with E-state index in [1.165, 1.54) is 32.1 Å². The van der Waals surface area contributed by atoms with E-state index in [0.717, 1.165) is 38.2 Å². The Labute approximate surface area is 112 Å². The number of halogens is 1. The van der Waals surface area contributed by atoms with Crippen LogP contribution in [0.2, 0.25) is 0 Å². The fourth-order valence-electron chi connectivity index (χ4n) is 2.53. The quantitative estimate of drug-likeness (QED) is 0.490. The molecular formula is C14H28ClNO. The zero-order valence-corrected chi connectivity index (χ0v) is 12.2. The molecule has 0 aliphatic heterocycles. The Morgan fingerprint density at radius 1 is 1.18 bits per heavy atom. The van der Waals surface area contributed by atoms with Crippen LogP contribution in [-0.2, 0) is 4.74 Å². The van der Waals surface area contributed by atoms with Crippen LogP contribution in [0.4, 0.5) is 0 Å². The molecule has 0 heterocycles. The third-order valence-corrected chi connectivity index (χ3v) is 3.61. The van der Waals surface area contributed by atoms with Gasteiger partial charge in [-0.2, -0.15) is 0 Å². The average Bonchev–Trinajstić information content (AvgIpc) is 2.34. The minimum absolute atomic E-state index is 0.631. The largest absolute Gasteiger partial charge is 0.380 e. The molecule has 0 aromatic carbocycles. The molecule has 0 N–H and O–H groups in total. The smallest absolute Gasteiger partial charge is 0.0593 e. The highest BCUT2D eigenvalue weighted by atomic mass is 35.5. The van der Waals surface area contributed by atoms with Crippen LogP contribution in [0.25, 0.3) is 0 Å². The van der Waals surface area contributed by atoms with Crippen LogP contribution in [0.3, 0.4) is 0 Å². The van der Waals surface area contributed by atoms with Gasteiger partial charge in [-0.1, -0.05) is 33.1 Å². The van der Waals surface area contributed by atoms with Crippen molar-refractivity contribution in [2.24, 2.45) is 5.92 Å². The molecular weight excluding hydrogens is 234 g/mol. The van der Waals surface area contributed by atoms with Crippen LogP contribution in [0, 0.1) is 5.92 Å². The van der Waals surface area contributed by atoms with Crippen LogP contribution in [0.15, 0.2) is 0 Å². The summed E-state index contributed by atoms with van der Waals surface area (Å²) in [5, 5.41) is 0. The third kappa shape index (κ3) is 6.64. The molecule has 1 aliphatic carbocycles. The lowest BCUT2D eigenvalue weighted by molar-refractivity contribution is 0.0667. The van der Waals surface area contributed by atoms with Crippen molar-refractivity contribution >= 4 is 11.6 Å². The second kappa shape index (κ2) is 9.18. The Morgan fingerprint density at radius 2 is 1.88 bits per heavy atom. The highest BCUT2D eigenvalue weighted by Gasteiger charge is 2.20. The Hall–Kier alpha value is 0.210. The van der Waals surface area contributed by atoms with Gasteiger partial charge >= 0.3 is 0 Å². The number of ether oxygens (including phenoxy) is 1. The summed E-state index contributed by atoms with van der Waals surface area (Å²) in [4.78, 5) is 2.53. The second-order valence-corrected chi connectivity index (χ2v) is 5.86. The topological polar surface area (TPSA) is 12.5 Å². The van der Waals surface area contributed by atoms with E-state index in [4.69, 9.17) is 16.3 Å². The maximum absolute atomic E-state index is 5.90. The van der Waals surface area contributed by atoms with E-state index in [0.29, 0.717) is 5.92 Å². The fraction of sp³-hybridized carbons (Fsp3) is 1.00. The van der Waals surface area contributed by atoms with Crippen molar-refractivity contribution < 1.29 is 4.74 Å². The molecule has 0 saturated heterocycles. The molecule has 0 bridgehead atoms. The van der Waals surface area contributed by atoms with E-state index < -0.39 is 0 Å². The Morgan fingerprint density at radius 3 is 2.47 bits per heavy atom. The molecule has 1 fully saturated rings. The summed E-state index contributed by atoms with van der Waals surface area (Å²) in [5.74, 6) is 1.37. The van der Waals surface area contributed by atoms with Gasteiger partial charge in [-0.05, 0) is 18.8 Å². The fourth-order valence-corrected chi connectivity index (χ4v) is 2.75. The van der Waals surface area contributed by atoms with Crippen LogP contribution in [0.5, 0.6) is 0 Å². The molecule has 1 saturated carbocycles. The van der Waals surface area contributed by atoms with Crippen molar-refractivity contribution in [2.45, 2.75) is 52.0 Å². The molecule has 3 heteroatoms. The predicted molar refractivity (Wildman–Crippen MR) is 74.8 cm³/mol. The van der Waals surface area contributed by atoms with Crippen molar-refractivity contribution in [1.82, 2.24) is 4.90 Å². The lowest BCUT2D eigenvalue weighted by atomic mass is 9.94. The average molecular weight is 262 g/mol. The zero-order valence-electron chi connectivity index (χ0n) is 11.5. The Balaban J connectivity index is 2.21. The minimum Gasteiger partial charge on any atom is -0.380 e. The first-order chi connectivity index (χ1) is 8.24. The molecule has 0 unspecified atom stereocenters. The van der Waals surface area contributed by atoms with Crippen LogP contribution < -0.4 is 0 Å². The summed E-state index contributed by atoms with van der Waals surface area (Å²) >= 11 is 5.90. The van der Waals surface area contributed by atoms with E-state index in [2.05, 4.69) is 18.7 Å². The van der Waals surface area contributed by atoms with Crippen molar-refractivity contribution in [3.63, 3.8) is 0 Å². The maximum atomic E-state index is 5.90. The second-order valence-electron chi connectivity index (χ2n) is 5.49. The molecule has 0 spiro atoms. The third-order valence-electron chi connectivity index (χ3n) is 3.44. The van der Waals surface area contributed by atoms with Gasteiger partial charge in [-0.15, -0.1) is 11.6 Å². The predicted octanol–water partition coefficient (Wildman–Crippen LogP) is 3.53. The normalized spacial score (nSPS) is 18.2. The molecule has 0 aromatic rings. The summed E-state index contributed by atoms with van der Waals surface area (Å²) in [6, 6.07) is 0.755. The van der Waals surface area contributed by atoms with Gasteiger partial charge in [0.2, 0.25) is 0 Å². The van der Waals surface area contributed by atoms with Crippen molar-refractivity contribution in [3.8, 4) is 0 Å². The summed E-state index contributed by atoms with van der Waals surface area (Å²) in [7, 11) is 0. The van der Waals surface area contributed by atoms with Gasteiger partial charge in [-0.25, -0.2) is 0 Å². The number of nitrogens with zero attached hydrogens (tertiary/aromatic N) is 1. The van der Waals surface area contributed by atoms with Crippen molar-refractivity contribution in [2.75, 3.05) is 32.2 Å². The zero-order chi connectivity index (χ0) is 12.5. The first-order valence-corrected chi connectivity index (χ1v) is 7.65. The molecule has 2 nitrogen and oxygen atoms in total. The maximum Gasteiger partial charge on any atom is 0.0593 e. The SMILES string of the molecule is CC(C)COCCN(CCCl)C1CCCCC1. The van der Waals surface area contributed by atoms with Crippen molar-refractivity contribution in [3.05, 3.63) is 0 Å². The summed E-state index contributed by atoms with van der Waals surface area (Å²) in [6.45, 7) is 8.17. The van der Waals surface area contributed by atoms with E-state index in [1.54, 1.807) is 0 Å². The lowest BCUT2D eigenvalue weighted by Crippen LogP contribution is -2.40.